The number of nitrogens with zero attached hydrogens (tertiary/aromatic N) is 1. The number of unbranched alkanes of at least 4 members (excludes halogenated alkanes) is 10. The Bertz CT molecular complexity index is 921. The van der Waals surface area contributed by atoms with Gasteiger partial charge in [-0.15, -0.1) is 0 Å². The predicted molar refractivity (Wildman–Crippen MR) is 152 cm³/mol. The Labute approximate surface area is 219 Å². The largest absolute Gasteiger partial charge is 0.494 e. The Morgan fingerprint density at radius 1 is 0.611 bits per heavy atom. The fraction of sp³-hybridized carbons (Fsp3) is 0.710. The van der Waals surface area contributed by atoms with Gasteiger partial charge in [-0.05, 0) is 37.8 Å². The quantitative estimate of drug-likeness (QED) is 0.161. The van der Waals surface area contributed by atoms with Crippen molar-refractivity contribution >= 4 is 10.9 Å². The maximum atomic E-state index is 13.8. The lowest BCUT2D eigenvalue weighted by atomic mass is 10.1. The molecule has 0 radical (unpaired) electrons. The van der Waals surface area contributed by atoms with E-state index in [1.807, 2.05) is 22.8 Å². The highest BCUT2D eigenvalue weighted by molar-refractivity contribution is 5.89. The van der Waals surface area contributed by atoms with Crippen LogP contribution in [0.2, 0.25) is 0 Å². The zero-order valence-electron chi connectivity index (χ0n) is 23.5. The summed E-state index contributed by atoms with van der Waals surface area (Å²) in [6.45, 7) is 11.3. The normalized spacial score (nSPS) is 11.2. The van der Waals surface area contributed by atoms with Crippen LogP contribution in [0.25, 0.3) is 10.9 Å². The summed E-state index contributed by atoms with van der Waals surface area (Å²) >= 11 is 0. The number of pyridine rings is 1. The van der Waals surface area contributed by atoms with Crippen molar-refractivity contribution in [3.63, 3.8) is 0 Å². The topological polar surface area (TPSA) is 49.7 Å². The molecule has 5 nitrogen and oxygen atoms in total. The van der Waals surface area contributed by atoms with Gasteiger partial charge in [-0.3, -0.25) is 4.79 Å². The lowest BCUT2D eigenvalue weighted by Gasteiger charge is -2.19. The van der Waals surface area contributed by atoms with E-state index in [0.717, 1.165) is 68.0 Å². The molecule has 0 aliphatic heterocycles. The summed E-state index contributed by atoms with van der Waals surface area (Å²) in [5.41, 5.74) is 0.802. The Morgan fingerprint density at radius 2 is 1.17 bits per heavy atom. The van der Waals surface area contributed by atoms with Crippen molar-refractivity contribution in [3.8, 4) is 17.2 Å². The van der Waals surface area contributed by atoms with Crippen LogP contribution < -0.4 is 19.8 Å². The van der Waals surface area contributed by atoms with Gasteiger partial charge in [0.05, 0.1) is 25.3 Å². The molecule has 2 rings (SSSR count). The van der Waals surface area contributed by atoms with E-state index in [9.17, 15) is 4.79 Å². The fourth-order valence-corrected chi connectivity index (χ4v) is 4.40. The standard InChI is InChI=1S/C31H51NO4/c1-5-9-13-16-21-32-28-25-26(34-22-12-8-4)19-20-27(28)29(35-23-17-14-10-6-2)30(31(32)33)36-24-18-15-11-7-3/h19-20,25H,5-18,21-24H2,1-4H3. The van der Waals surface area contributed by atoms with E-state index in [0.29, 0.717) is 37.9 Å². The van der Waals surface area contributed by atoms with E-state index < -0.39 is 0 Å². The van der Waals surface area contributed by atoms with Gasteiger partial charge in [-0.1, -0.05) is 91.9 Å². The molecule has 1 aromatic heterocycles. The van der Waals surface area contributed by atoms with E-state index in [-0.39, 0.29) is 5.56 Å². The number of ether oxygens (including phenoxy) is 3. The molecule has 204 valence electrons. The molecule has 1 aromatic carbocycles. The lowest BCUT2D eigenvalue weighted by molar-refractivity contribution is 0.256. The van der Waals surface area contributed by atoms with Crippen molar-refractivity contribution < 1.29 is 14.2 Å². The number of benzene rings is 1. The molecule has 0 amide bonds. The van der Waals surface area contributed by atoms with Crippen LogP contribution in [-0.4, -0.2) is 24.4 Å². The average molecular weight is 502 g/mol. The first kappa shape index (κ1) is 30.1. The van der Waals surface area contributed by atoms with Crippen molar-refractivity contribution in [2.75, 3.05) is 19.8 Å². The zero-order chi connectivity index (χ0) is 26.0. The fourth-order valence-electron chi connectivity index (χ4n) is 4.40. The van der Waals surface area contributed by atoms with E-state index >= 15 is 0 Å². The van der Waals surface area contributed by atoms with Crippen LogP contribution in [0.1, 0.15) is 118 Å². The van der Waals surface area contributed by atoms with Crippen molar-refractivity contribution in [3.05, 3.63) is 28.6 Å². The summed E-state index contributed by atoms with van der Waals surface area (Å²) in [5, 5.41) is 0.937. The summed E-state index contributed by atoms with van der Waals surface area (Å²) in [5.74, 6) is 1.79. The van der Waals surface area contributed by atoms with E-state index in [4.69, 9.17) is 14.2 Å². The molecule has 0 atom stereocenters. The number of hydrogen-bond acceptors (Lipinski definition) is 4. The molecular formula is C31H51NO4. The van der Waals surface area contributed by atoms with Gasteiger partial charge in [0.15, 0.2) is 5.75 Å². The lowest BCUT2D eigenvalue weighted by Crippen LogP contribution is -2.24. The van der Waals surface area contributed by atoms with Gasteiger partial charge >= 0.3 is 0 Å². The van der Waals surface area contributed by atoms with Gasteiger partial charge in [0.25, 0.3) is 5.56 Å². The maximum Gasteiger partial charge on any atom is 0.297 e. The second-order valence-corrected chi connectivity index (χ2v) is 9.87. The highest BCUT2D eigenvalue weighted by Gasteiger charge is 2.20. The highest BCUT2D eigenvalue weighted by Crippen LogP contribution is 2.35. The highest BCUT2D eigenvalue weighted by atomic mass is 16.5. The van der Waals surface area contributed by atoms with Gasteiger partial charge in [-0.2, -0.15) is 0 Å². The minimum absolute atomic E-state index is 0.0799. The van der Waals surface area contributed by atoms with Crippen LogP contribution in [0.4, 0.5) is 0 Å². The second kappa shape index (κ2) is 18.1. The van der Waals surface area contributed by atoms with Gasteiger partial charge in [0.2, 0.25) is 5.75 Å². The summed E-state index contributed by atoms with van der Waals surface area (Å²) < 4.78 is 20.4. The maximum absolute atomic E-state index is 13.8. The van der Waals surface area contributed by atoms with Crippen molar-refractivity contribution in [1.29, 1.82) is 0 Å². The van der Waals surface area contributed by atoms with E-state index in [1.54, 1.807) is 0 Å². The van der Waals surface area contributed by atoms with Gasteiger partial charge in [-0.25, -0.2) is 0 Å². The monoisotopic (exact) mass is 501 g/mol. The first-order valence-electron chi connectivity index (χ1n) is 14.8. The Hall–Kier alpha value is -2.17. The molecule has 0 saturated carbocycles. The van der Waals surface area contributed by atoms with Gasteiger partial charge < -0.3 is 18.8 Å². The Kier molecular flexibility index (Phi) is 15.1. The van der Waals surface area contributed by atoms with Crippen LogP contribution in [0, 0.1) is 0 Å². The van der Waals surface area contributed by atoms with Crippen LogP contribution in [0.3, 0.4) is 0 Å². The molecule has 0 aliphatic carbocycles. The van der Waals surface area contributed by atoms with E-state index in [2.05, 4.69) is 27.7 Å². The van der Waals surface area contributed by atoms with Crippen molar-refractivity contribution in [1.82, 2.24) is 4.57 Å². The number of fused-ring (bicyclic) bond motifs is 1. The molecule has 0 spiro atoms. The molecule has 0 saturated heterocycles. The molecule has 1 heterocycles. The Morgan fingerprint density at radius 3 is 1.78 bits per heavy atom. The number of aryl methyl sites for hydroxylation is 1. The number of rotatable bonds is 21. The minimum Gasteiger partial charge on any atom is -0.494 e. The summed E-state index contributed by atoms with van der Waals surface area (Å²) in [6.07, 6.45) is 15.4. The first-order valence-corrected chi connectivity index (χ1v) is 14.8. The molecule has 0 unspecified atom stereocenters. The van der Waals surface area contributed by atoms with Crippen LogP contribution in [-0.2, 0) is 6.54 Å². The van der Waals surface area contributed by atoms with Gasteiger partial charge in [0, 0.05) is 18.0 Å². The third-order valence-electron chi connectivity index (χ3n) is 6.64. The van der Waals surface area contributed by atoms with Crippen LogP contribution >= 0.6 is 0 Å². The number of hydrogen-bond donors (Lipinski definition) is 0. The van der Waals surface area contributed by atoms with Crippen LogP contribution in [0.15, 0.2) is 23.0 Å². The average Bonchev–Trinajstić information content (AvgIpc) is 2.89. The molecule has 2 aromatic rings. The molecule has 0 N–H and O–H groups in total. The molecule has 5 heteroatoms. The third-order valence-corrected chi connectivity index (χ3v) is 6.64. The number of aromatic nitrogens is 1. The summed E-state index contributed by atoms with van der Waals surface area (Å²) in [4.78, 5) is 13.8. The zero-order valence-corrected chi connectivity index (χ0v) is 23.5. The molecule has 0 aliphatic rings. The third kappa shape index (κ3) is 9.71. The second-order valence-electron chi connectivity index (χ2n) is 9.87. The predicted octanol–water partition coefficient (Wildman–Crippen LogP) is 8.68. The molecule has 0 fully saturated rings. The smallest absolute Gasteiger partial charge is 0.297 e. The van der Waals surface area contributed by atoms with Crippen molar-refractivity contribution in [2.45, 2.75) is 124 Å². The molecular weight excluding hydrogens is 450 g/mol. The summed E-state index contributed by atoms with van der Waals surface area (Å²) in [6, 6.07) is 6.06. The van der Waals surface area contributed by atoms with Gasteiger partial charge in [0.1, 0.15) is 5.75 Å². The van der Waals surface area contributed by atoms with Crippen LogP contribution in [0.5, 0.6) is 17.2 Å². The van der Waals surface area contributed by atoms with E-state index in [1.165, 1.54) is 38.5 Å². The first-order chi connectivity index (χ1) is 17.7. The SMILES string of the molecule is CCCCCCOc1c(OCCCCCC)c2ccc(OCCCC)cc2n(CCCCCC)c1=O. The Balaban J connectivity index is 2.44. The summed E-state index contributed by atoms with van der Waals surface area (Å²) in [7, 11) is 0. The molecule has 0 bridgehead atoms. The minimum atomic E-state index is -0.0799. The molecule has 36 heavy (non-hydrogen) atoms. The van der Waals surface area contributed by atoms with Crippen molar-refractivity contribution in [2.24, 2.45) is 0 Å².